The van der Waals surface area contributed by atoms with E-state index in [0.717, 1.165) is 17.9 Å². The van der Waals surface area contributed by atoms with Crippen LogP contribution in [0.25, 0.3) is 0 Å². The molecule has 0 bridgehead atoms. The molecule has 1 heterocycles. The Morgan fingerprint density at radius 1 is 1.28 bits per heavy atom. The van der Waals surface area contributed by atoms with Gasteiger partial charge in [-0.2, -0.15) is 0 Å². The van der Waals surface area contributed by atoms with Crippen molar-refractivity contribution in [3.05, 3.63) is 44.0 Å². The summed E-state index contributed by atoms with van der Waals surface area (Å²) in [5, 5.41) is 1.80. The molecule has 29 heavy (non-hydrogen) atoms. The highest BCUT2D eigenvalue weighted by molar-refractivity contribution is 6.29. The number of halogens is 3. The van der Waals surface area contributed by atoms with E-state index in [9.17, 15) is 4.79 Å². The highest BCUT2D eigenvalue weighted by Crippen LogP contribution is 2.41. The molecule has 1 aliphatic rings. The average molecular weight is 465 g/mol. The van der Waals surface area contributed by atoms with Crippen LogP contribution in [0.15, 0.2) is 33.3 Å². The largest absolute Gasteiger partial charge is 0.327 e. The maximum Gasteiger partial charge on any atom is 0.294 e. The smallest absolute Gasteiger partial charge is 0.294 e. The van der Waals surface area contributed by atoms with E-state index < -0.39 is 0 Å². The average Bonchev–Trinajstić information content (AvgIpc) is 3.51. The summed E-state index contributed by atoms with van der Waals surface area (Å²) < 4.78 is 1.77. The van der Waals surface area contributed by atoms with Gasteiger partial charge < -0.3 is 9.47 Å². The lowest BCUT2D eigenvalue weighted by molar-refractivity contribution is 0.418. The summed E-state index contributed by atoms with van der Waals surface area (Å²) in [6, 6.07) is 0.205. The molecule has 1 aromatic heterocycles. The summed E-state index contributed by atoms with van der Waals surface area (Å²) in [5.74, 6) is 0.937. The van der Waals surface area contributed by atoms with Gasteiger partial charge in [-0.05, 0) is 52.4 Å². The second-order valence-corrected chi connectivity index (χ2v) is 8.28. The first-order valence-electron chi connectivity index (χ1n) is 10.4. The molecule has 0 spiro atoms. The minimum Gasteiger partial charge on any atom is -0.327 e. The predicted molar refractivity (Wildman–Crippen MR) is 129 cm³/mol. The van der Waals surface area contributed by atoms with Crippen molar-refractivity contribution in [3.63, 3.8) is 0 Å². The molecule has 1 aliphatic carbocycles. The fourth-order valence-corrected chi connectivity index (χ4v) is 3.13. The third-order valence-corrected chi connectivity index (χ3v) is 4.79. The number of rotatable bonds is 7. The van der Waals surface area contributed by atoms with E-state index in [0.29, 0.717) is 28.5 Å². The van der Waals surface area contributed by atoms with E-state index in [-0.39, 0.29) is 11.6 Å². The SMILES string of the molecule is C/C=C(\C)Cl.CC.CCCN(/C=C(\C)Cl)c1nc(Cl)cn(C(CC)C2CC2)c1=O. The van der Waals surface area contributed by atoms with E-state index >= 15 is 0 Å². The van der Waals surface area contributed by atoms with Gasteiger partial charge in [0.15, 0.2) is 0 Å². The van der Waals surface area contributed by atoms with Crippen LogP contribution < -0.4 is 10.5 Å². The number of hydrogen-bond acceptors (Lipinski definition) is 3. The van der Waals surface area contributed by atoms with Crippen molar-refractivity contribution in [2.45, 2.75) is 80.2 Å². The van der Waals surface area contributed by atoms with Crippen LogP contribution in [0.2, 0.25) is 5.15 Å². The minimum absolute atomic E-state index is 0.0919. The molecule has 1 fully saturated rings. The zero-order valence-corrected chi connectivity index (χ0v) is 21.1. The quantitative estimate of drug-likeness (QED) is 0.414. The fourth-order valence-electron chi connectivity index (χ4n) is 2.83. The number of nitrogens with zero attached hydrogens (tertiary/aromatic N) is 3. The fraction of sp³-hybridized carbons (Fsp3) is 0.636. The van der Waals surface area contributed by atoms with Crippen LogP contribution in [-0.2, 0) is 0 Å². The van der Waals surface area contributed by atoms with Crippen LogP contribution in [0.1, 0.15) is 80.2 Å². The predicted octanol–water partition coefficient (Wildman–Crippen LogP) is 7.75. The molecule has 1 unspecified atom stereocenters. The molecule has 1 aromatic rings. The van der Waals surface area contributed by atoms with Crippen LogP contribution in [0, 0.1) is 5.92 Å². The van der Waals surface area contributed by atoms with Crippen LogP contribution in [-0.4, -0.2) is 16.1 Å². The van der Waals surface area contributed by atoms with Gasteiger partial charge in [0.1, 0.15) is 5.15 Å². The van der Waals surface area contributed by atoms with Gasteiger partial charge in [0, 0.05) is 35.0 Å². The molecule has 7 heteroatoms. The van der Waals surface area contributed by atoms with Crippen LogP contribution >= 0.6 is 34.8 Å². The molecule has 0 aromatic carbocycles. The van der Waals surface area contributed by atoms with Gasteiger partial charge >= 0.3 is 0 Å². The Morgan fingerprint density at radius 2 is 1.83 bits per heavy atom. The lowest BCUT2D eigenvalue weighted by Gasteiger charge is -2.23. The van der Waals surface area contributed by atoms with Gasteiger partial charge in [0.2, 0.25) is 5.82 Å². The van der Waals surface area contributed by atoms with Gasteiger partial charge in [-0.25, -0.2) is 4.98 Å². The van der Waals surface area contributed by atoms with Crippen LogP contribution in [0.4, 0.5) is 5.82 Å². The molecule has 0 radical (unpaired) electrons. The zero-order chi connectivity index (χ0) is 22.6. The number of hydrogen-bond donors (Lipinski definition) is 0. The normalized spacial score (nSPS) is 15.0. The van der Waals surface area contributed by atoms with Crippen LogP contribution in [0.3, 0.4) is 0 Å². The third kappa shape index (κ3) is 10.1. The maximum absolute atomic E-state index is 12.9. The zero-order valence-electron chi connectivity index (χ0n) is 18.8. The second kappa shape index (κ2) is 14.9. The molecule has 1 saturated carbocycles. The minimum atomic E-state index is -0.0919. The van der Waals surface area contributed by atoms with Crippen molar-refractivity contribution in [1.82, 2.24) is 9.55 Å². The van der Waals surface area contributed by atoms with E-state index in [1.807, 2.05) is 40.7 Å². The molecule has 1 atom stereocenters. The van der Waals surface area contributed by atoms with Gasteiger partial charge in [-0.1, -0.05) is 68.6 Å². The van der Waals surface area contributed by atoms with Gasteiger partial charge in [0.25, 0.3) is 5.56 Å². The topological polar surface area (TPSA) is 38.1 Å². The van der Waals surface area contributed by atoms with Crippen molar-refractivity contribution < 1.29 is 0 Å². The molecular formula is C22H36Cl3N3O. The highest BCUT2D eigenvalue weighted by Gasteiger charge is 2.32. The Balaban J connectivity index is 0.000000977. The number of aromatic nitrogens is 2. The summed E-state index contributed by atoms with van der Waals surface area (Å²) in [5.41, 5.74) is -0.0919. The Kier molecular flexibility index (Phi) is 14.4. The lowest BCUT2D eigenvalue weighted by Crippen LogP contribution is -2.33. The molecule has 0 N–H and O–H groups in total. The molecular weight excluding hydrogens is 429 g/mol. The number of allylic oxidation sites excluding steroid dienone is 3. The Morgan fingerprint density at radius 3 is 2.21 bits per heavy atom. The first-order valence-corrected chi connectivity index (χ1v) is 11.6. The Hall–Kier alpha value is -0.970. The first-order chi connectivity index (χ1) is 13.7. The second-order valence-electron chi connectivity index (χ2n) is 6.70. The van der Waals surface area contributed by atoms with Gasteiger partial charge in [0.05, 0.1) is 0 Å². The van der Waals surface area contributed by atoms with Crippen molar-refractivity contribution in [2.75, 3.05) is 11.4 Å². The monoisotopic (exact) mass is 463 g/mol. The summed E-state index contributed by atoms with van der Waals surface area (Å²) in [6.45, 7) is 14.4. The molecule has 166 valence electrons. The lowest BCUT2D eigenvalue weighted by atomic mass is 10.1. The molecule has 0 saturated heterocycles. The summed E-state index contributed by atoms with van der Waals surface area (Å²) in [4.78, 5) is 18.9. The van der Waals surface area contributed by atoms with E-state index in [1.54, 1.807) is 28.8 Å². The Labute approximate surface area is 191 Å². The maximum atomic E-state index is 12.9. The third-order valence-electron chi connectivity index (χ3n) is 4.29. The van der Waals surface area contributed by atoms with Crippen molar-refractivity contribution >= 4 is 40.6 Å². The van der Waals surface area contributed by atoms with Crippen LogP contribution in [0.5, 0.6) is 0 Å². The van der Waals surface area contributed by atoms with Crippen molar-refractivity contribution in [3.8, 4) is 0 Å². The van der Waals surface area contributed by atoms with Gasteiger partial charge in [-0.3, -0.25) is 4.79 Å². The number of anilines is 1. The Bertz CT molecular complexity index is 717. The molecule has 4 nitrogen and oxygen atoms in total. The van der Waals surface area contributed by atoms with E-state index in [1.165, 1.54) is 12.8 Å². The standard InChI is InChI=1S/C16H23Cl2N3O.C4H7Cl.C2H6/c1-4-8-20(9-11(3)17)15-16(22)21(10-14(18)19-15)13(5-2)12-6-7-12;1-3-4(2)5;1-2/h9-10,12-13H,4-8H2,1-3H3;3H,1-2H3;1-2H3/b11-9+;4-3+;. The summed E-state index contributed by atoms with van der Waals surface area (Å²) in [6.07, 6.45) is 9.42. The first kappa shape index (κ1) is 28.0. The molecule has 0 amide bonds. The summed E-state index contributed by atoms with van der Waals surface area (Å²) >= 11 is 17.5. The molecule has 2 rings (SSSR count). The van der Waals surface area contributed by atoms with E-state index in [4.69, 9.17) is 34.8 Å². The highest BCUT2D eigenvalue weighted by atomic mass is 35.5. The summed E-state index contributed by atoms with van der Waals surface area (Å²) in [7, 11) is 0. The van der Waals surface area contributed by atoms with Crippen molar-refractivity contribution in [2.24, 2.45) is 5.92 Å². The molecule has 0 aliphatic heterocycles. The van der Waals surface area contributed by atoms with Gasteiger partial charge in [-0.15, -0.1) is 0 Å². The van der Waals surface area contributed by atoms with Crippen molar-refractivity contribution in [1.29, 1.82) is 0 Å². The van der Waals surface area contributed by atoms with E-state index in [2.05, 4.69) is 11.9 Å².